The number of carbonyl (C=O) groups is 1. The molecule has 0 bridgehead atoms. The normalized spacial score (nSPS) is 10.8. The largest absolute Gasteiger partial charge is 0.494 e. The fraction of sp³-hybridized carbons (Fsp3) is 0.391. The summed E-state index contributed by atoms with van der Waals surface area (Å²) < 4.78 is 11.3. The van der Waals surface area contributed by atoms with Gasteiger partial charge in [-0.25, -0.2) is 5.43 Å². The van der Waals surface area contributed by atoms with Crippen LogP contribution in [0, 0.1) is 0 Å². The van der Waals surface area contributed by atoms with Gasteiger partial charge < -0.3 is 9.47 Å². The molecule has 2 aromatic carbocycles. The summed E-state index contributed by atoms with van der Waals surface area (Å²) in [6.07, 6.45) is 7.21. The minimum atomic E-state index is -0.297. The van der Waals surface area contributed by atoms with Crippen LogP contribution in [-0.4, -0.2) is 25.3 Å². The van der Waals surface area contributed by atoms with Crippen molar-refractivity contribution in [1.29, 1.82) is 0 Å². The number of nitrogens with zero attached hydrogens (tertiary/aromatic N) is 1. The first-order valence-corrected chi connectivity index (χ1v) is 9.98. The highest BCUT2D eigenvalue weighted by molar-refractivity contribution is 5.83. The molecule has 0 fully saturated rings. The predicted molar refractivity (Wildman–Crippen MR) is 113 cm³/mol. The third-order valence-corrected chi connectivity index (χ3v) is 4.26. The van der Waals surface area contributed by atoms with Gasteiger partial charge in [-0.1, -0.05) is 51.3 Å². The van der Waals surface area contributed by atoms with E-state index in [-0.39, 0.29) is 12.5 Å². The summed E-state index contributed by atoms with van der Waals surface area (Å²) in [5, 5.41) is 3.98. The molecule has 0 spiro atoms. The van der Waals surface area contributed by atoms with Gasteiger partial charge in [-0.15, -0.1) is 0 Å². The average Bonchev–Trinajstić information content (AvgIpc) is 2.73. The van der Waals surface area contributed by atoms with E-state index >= 15 is 0 Å². The minimum Gasteiger partial charge on any atom is -0.494 e. The summed E-state index contributed by atoms with van der Waals surface area (Å²) >= 11 is 0. The number of unbranched alkanes of at least 4 members (excludes halogenated alkanes) is 3. The van der Waals surface area contributed by atoms with E-state index < -0.39 is 0 Å². The van der Waals surface area contributed by atoms with Crippen LogP contribution in [0.4, 0.5) is 0 Å². The number of para-hydroxylation sites is 1. The Balaban J connectivity index is 1.70. The fourth-order valence-corrected chi connectivity index (χ4v) is 2.66. The number of rotatable bonds is 12. The average molecular weight is 383 g/mol. The van der Waals surface area contributed by atoms with Crippen LogP contribution in [0.15, 0.2) is 53.6 Å². The van der Waals surface area contributed by atoms with Crippen molar-refractivity contribution in [3.63, 3.8) is 0 Å². The summed E-state index contributed by atoms with van der Waals surface area (Å²) in [5.74, 6) is 1.28. The number of carbonyl (C=O) groups excluding carboxylic acids is 1. The zero-order valence-corrected chi connectivity index (χ0v) is 16.8. The van der Waals surface area contributed by atoms with E-state index in [0.29, 0.717) is 0 Å². The molecule has 0 saturated heterocycles. The number of nitrogens with one attached hydrogen (secondary N) is 1. The van der Waals surface area contributed by atoms with E-state index in [1.807, 2.05) is 48.5 Å². The van der Waals surface area contributed by atoms with E-state index in [1.54, 1.807) is 6.21 Å². The minimum absolute atomic E-state index is 0.0703. The second-order valence-corrected chi connectivity index (χ2v) is 6.52. The van der Waals surface area contributed by atoms with Crippen molar-refractivity contribution in [2.45, 2.75) is 46.0 Å². The third kappa shape index (κ3) is 7.82. The zero-order chi connectivity index (χ0) is 20.0. The van der Waals surface area contributed by atoms with Gasteiger partial charge in [0.25, 0.3) is 5.91 Å². The van der Waals surface area contributed by atoms with Crippen molar-refractivity contribution >= 4 is 12.1 Å². The monoisotopic (exact) mass is 382 g/mol. The van der Waals surface area contributed by atoms with E-state index in [2.05, 4.69) is 24.4 Å². The molecule has 150 valence electrons. The van der Waals surface area contributed by atoms with Crippen LogP contribution in [0.5, 0.6) is 11.5 Å². The number of hydrogen-bond donors (Lipinski definition) is 1. The number of amides is 1. The van der Waals surface area contributed by atoms with Crippen molar-refractivity contribution in [2.24, 2.45) is 5.10 Å². The van der Waals surface area contributed by atoms with E-state index in [9.17, 15) is 4.79 Å². The van der Waals surface area contributed by atoms with E-state index in [4.69, 9.17) is 9.47 Å². The molecule has 0 aromatic heterocycles. The number of aryl methyl sites for hydroxylation is 1. The van der Waals surface area contributed by atoms with Gasteiger partial charge in [-0.05, 0) is 54.3 Å². The Labute approximate surface area is 167 Å². The molecule has 1 N–H and O–H groups in total. The Morgan fingerprint density at radius 3 is 2.54 bits per heavy atom. The number of hydrogen-bond acceptors (Lipinski definition) is 4. The first kappa shape index (κ1) is 21.5. The lowest BCUT2D eigenvalue weighted by Gasteiger charge is -2.09. The lowest BCUT2D eigenvalue weighted by molar-refractivity contribution is -0.123. The van der Waals surface area contributed by atoms with Crippen LogP contribution in [0.3, 0.4) is 0 Å². The van der Waals surface area contributed by atoms with Gasteiger partial charge in [-0.3, -0.25) is 4.79 Å². The van der Waals surface area contributed by atoms with Gasteiger partial charge in [0.2, 0.25) is 0 Å². The Bertz CT molecular complexity index is 742. The van der Waals surface area contributed by atoms with Crippen molar-refractivity contribution in [3.05, 3.63) is 59.7 Å². The van der Waals surface area contributed by atoms with Crippen LogP contribution in [0.2, 0.25) is 0 Å². The zero-order valence-electron chi connectivity index (χ0n) is 16.8. The molecule has 2 rings (SSSR count). The third-order valence-electron chi connectivity index (χ3n) is 4.26. The lowest BCUT2D eigenvalue weighted by atomic mass is 10.1. The number of ether oxygens (including phenoxy) is 2. The van der Waals surface area contributed by atoms with Gasteiger partial charge in [0.15, 0.2) is 6.61 Å². The quantitative estimate of drug-likeness (QED) is 0.328. The van der Waals surface area contributed by atoms with Crippen molar-refractivity contribution < 1.29 is 14.3 Å². The summed E-state index contributed by atoms with van der Waals surface area (Å²) in [7, 11) is 0. The number of hydrazone groups is 1. The van der Waals surface area contributed by atoms with E-state index in [1.165, 1.54) is 19.3 Å². The Hall–Kier alpha value is -2.82. The lowest BCUT2D eigenvalue weighted by Crippen LogP contribution is -2.24. The van der Waals surface area contributed by atoms with E-state index in [0.717, 1.165) is 42.1 Å². The molecular weight excluding hydrogens is 352 g/mol. The molecule has 0 aliphatic rings. The molecular formula is C23H30N2O3. The number of benzene rings is 2. The molecule has 1 amide bonds. The molecule has 0 radical (unpaired) electrons. The first-order chi connectivity index (χ1) is 13.7. The van der Waals surface area contributed by atoms with Crippen LogP contribution < -0.4 is 14.9 Å². The molecule has 28 heavy (non-hydrogen) atoms. The first-order valence-electron chi connectivity index (χ1n) is 9.98. The van der Waals surface area contributed by atoms with Gasteiger partial charge in [-0.2, -0.15) is 5.10 Å². The topological polar surface area (TPSA) is 59.9 Å². The van der Waals surface area contributed by atoms with Crippen LogP contribution >= 0.6 is 0 Å². The highest BCUT2D eigenvalue weighted by Gasteiger charge is 2.04. The Kier molecular flexibility index (Phi) is 9.62. The van der Waals surface area contributed by atoms with Gasteiger partial charge >= 0.3 is 0 Å². The molecule has 0 aliphatic carbocycles. The molecule has 0 aliphatic heterocycles. The van der Waals surface area contributed by atoms with Gasteiger partial charge in [0, 0.05) is 0 Å². The maximum Gasteiger partial charge on any atom is 0.277 e. The smallest absolute Gasteiger partial charge is 0.277 e. The maximum atomic E-state index is 11.9. The summed E-state index contributed by atoms with van der Waals surface area (Å²) in [6, 6.07) is 15.3. The predicted octanol–water partition coefficient (Wildman–Crippen LogP) is 4.74. The summed E-state index contributed by atoms with van der Waals surface area (Å²) in [5.41, 5.74) is 4.44. The second-order valence-electron chi connectivity index (χ2n) is 6.52. The van der Waals surface area contributed by atoms with Crippen molar-refractivity contribution in [3.8, 4) is 11.5 Å². The molecule has 2 aromatic rings. The highest BCUT2D eigenvalue weighted by atomic mass is 16.5. The van der Waals surface area contributed by atoms with Gasteiger partial charge in [0.1, 0.15) is 11.5 Å². The van der Waals surface area contributed by atoms with Gasteiger partial charge in [0.05, 0.1) is 12.8 Å². The molecule has 0 unspecified atom stereocenters. The second kappa shape index (κ2) is 12.5. The molecule has 5 heteroatoms. The van der Waals surface area contributed by atoms with Crippen LogP contribution in [-0.2, 0) is 11.2 Å². The molecule has 0 atom stereocenters. The standard InChI is InChI=1S/C23H30N2O3/c1-3-5-6-9-16-27-21-14-12-19(13-15-21)17-24-25-23(26)18-28-22-11-8-7-10-20(22)4-2/h7-8,10-15,17H,3-6,9,16,18H2,1-2H3,(H,25,26)/b24-17+. The molecule has 0 heterocycles. The Morgan fingerprint density at radius 1 is 1.00 bits per heavy atom. The Morgan fingerprint density at radius 2 is 1.79 bits per heavy atom. The summed E-state index contributed by atoms with van der Waals surface area (Å²) in [4.78, 5) is 11.9. The SMILES string of the molecule is CCCCCCOc1ccc(/C=N/NC(=O)COc2ccccc2CC)cc1. The summed E-state index contributed by atoms with van der Waals surface area (Å²) in [6.45, 7) is 4.92. The van der Waals surface area contributed by atoms with Crippen molar-refractivity contribution in [1.82, 2.24) is 5.43 Å². The highest BCUT2D eigenvalue weighted by Crippen LogP contribution is 2.18. The fourth-order valence-electron chi connectivity index (χ4n) is 2.66. The van der Waals surface area contributed by atoms with Crippen LogP contribution in [0.1, 0.15) is 50.7 Å². The molecule has 0 saturated carbocycles. The molecule has 5 nitrogen and oxygen atoms in total. The van der Waals surface area contributed by atoms with Crippen LogP contribution in [0.25, 0.3) is 0 Å². The van der Waals surface area contributed by atoms with Crippen molar-refractivity contribution in [2.75, 3.05) is 13.2 Å². The maximum absolute atomic E-state index is 11.9.